The summed E-state index contributed by atoms with van der Waals surface area (Å²) in [6, 6.07) is 8.02. The number of nitrogens with zero attached hydrogens (tertiary/aromatic N) is 2. The van der Waals surface area contributed by atoms with Gasteiger partial charge in [-0.05, 0) is 35.5 Å². The summed E-state index contributed by atoms with van der Waals surface area (Å²) in [5.41, 5.74) is 1.31. The molecule has 3 rings (SSSR count). The summed E-state index contributed by atoms with van der Waals surface area (Å²) < 4.78 is 41.4. The minimum Gasteiger partial charge on any atom is -0.304 e. The standard InChI is InChI=1S/C18H24FN3O2S2/c1-21-7-9-22(10-8-21)18(15-6-11-25-13-15)12-20-26(23,24)14-16-4-2-3-5-17(16)19/h2-6,11,13,18,20H,7-10,12,14H2,1H3. The number of thiophene rings is 1. The summed E-state index contributed by atoms with van der Waals surface area (Å²) in [5, 5.41) is 4.07. The Labute approximate surface area is 158 Å². The summed E-state index contributed by atoms with van der Waals surface area (Å²) in [7, 11) is -1.53. The van der Waals surface area contributed by atoms with E-state index in [2.05, 4.69) is 26.9 Å². The van der Waals surface area contributed by atoms with E-state index in [9.17, 15) is 12.8 Å². The molecule has 5 nitrogen and oxygen atoms in total. The van der Waals surface area contributed by atoms with Gasteiger partial charge in [0.05, 0.1) is 5.75 Å². The van der Waals surface area contributed by atoms with Crippen molar-refractivity contribution in [1.29, 1.82) is 0 Å². The van der Waals surface area contributed by atoms with Crippen LogP contribution in [0.15, 0.2) is 41.1 Å². The van der Waals surface area contributed by atoms with Gasteiger partial charge in [0.25, 0.3) is 0 Å². The van der Waals surface area contributed by atoms with Gasteiger partial charge in [0.1, 0.15) is 5.82 Å². The lowest BCUT2D eigenvalue weighted by Gasteiger charge is -2.37. The first kappa shape index (κ1) is 19.4. The average molecular weight is 398 g/mol. The Hall–Kier alpha value is -1.32. The second-order valence-electron chi connectivity index (χ2n) is 6.61. The van der Waals surface area contributed by atoms with Crippen LogP contribution in [-0.2, 0) is 15.8 Å². The molecule has 1 atom stereocenters. The monoisotopic (exact) mass is 397 g/mol. The zero-order valence-electron chi connectivity index (χ0n) is 14.8. The average Bonchev–Trinajstić information content (AvgIpc) is 3.13. The van der Waals surface area contributed by atoms with E-state index >= 15 is 0 Å². The van der Waals surface area contributed by atoms with E-state index in [1.807, 2.05) is 11.4 Å². The smallest absolute Gasteiger partial charge is 0.215 e. The number of hydrogen-bond acceptors (Lipinski definition) is 5. The molecule has 1 unspecified atom stereocenters. The quantitative estimate of drug-likeness (QED) is 0.779. The van der Waals surface area contributed by atoms with Crippen LogP contribution in [0.2, 0.25) is 0 Å². The molecule has 0 amide bonds. The van der Waals surface area contributed by atoms with Crippen molar-refractivity contribution in [1.82, 2.24) is 14.5 Å². The number of likely N-dealkylation sites (N-methyl/N-ethyl adjacent to an activating group) is 1. The molecule has 2 aromatic rings. The highest BCUT2D eigenvalue weighted by Crippen LogP contribution is 2.24. The summed E-state index contributed by atoms with van der Waals surface area (Å²) >= 11 is 1.61. The van der Waals surface area contributed by atoms with Crippen molar-refractivity contribution in [3.05, 3.63) is 58.0 Å². The molecule has 1 fully saturated rings. The Morgan fingerprint density at radius 3 is 2.58 bits per heavy atom. The fourth-order valence-electron chi connectivity index (χ4n) is 3.13. The van der Waals surface area contributed by atoms with Crippen LogP contribution in [-0.4, -0.2) is 58.0 Å². The number of benzene rings is 1. The topological polar surface area (TPSA) is 52.6 Å². The van der Waals surface area contributed by atoms with E-state index in [0.717, 1.165) is 31.7 Å². The van der Waals surface area contributed by atoms with Gasteiger partial charge in [0.15, 0.2) is 0 Å². The van der Waals surface area contributed by atoms with Gasteiger partial charge in [-0.25, -0.2) is 17.5 Å². The predicted molar refractivity (Wildman–Crippen MR) is 103 cm³/mol. The molecular formula is C18H24FN3O2S2. The molecule has 8 heteroatoms. The van der Waals surface area contributed by atoms with Gasteiger partial charge in [0, 0.05) is 44.3 Å². The molecule has 142 valence electrons. The van der Waals surface area contributed by atoms with Gasteiger partial charge < -0.3 is 4.90 Å². The number of hydrogen-bond donors (Lipinski definition) is 1. The number of sulfonamides is 1. The zero-order chi connectivity index (χ0) is 18.6. The molecule has 0 bridgehead atoms. The zero-order valence-corrected chi connectivity index (χ0v) is 16.4. The Kier molecular flexibility index (Phi) is 6.42. The highest BCUT2D eigenvalue weighted by atomic mass is 32.2. The highest BCUT2D eigenvalue weighted by molar-refractivity contribution is 7.88. The predicted octanol–water partition coefficient (Wildman–Crippen LogP) is 2.30. The van der Waals surface area contributed by atoms with Gasteiger partial charge in [-0.15, -0.1) is 0 Å². The fraction of sp³-hybridized carbons (Fsp3) is 0.444. The number of piperazine rings is 1. The van der Waals surface area contributed by atoms with E-state index in [1.165, 1.54) is 12.1 Å². The van der Waals surface area contributed by atoms with Crippen molar-refractivity contribution in [2.45, 2.75) is 11.8 Å². The van der Waals surface area contributed by atoms with E-state index in [4.69, 9.17) is 0 Å². The molecule has 0 spiro atoms. The summed E-state index contributed by atoms with van der Waals surface area (Å²) in [6.07, 6.45) is 0. The molecule has 1 aromatic heterocycles. The molecular weight excluding hydrogens is 373 g/mol. The van der Waals surface area contributed by atoms with Crippen LogP contribution < -0.4 is 4.72 Å². The van der Waals surface area contributed by atoms with Crippen LogP contribution in [0.3, 0.4) is 0 Å². The molecule has 0 aliphatic carbocycles. The van der Waals surface area contributed by atoms with Crippen LogP contribution in [0, 0.1) is 5.82 Å². The third-order valence-corrected chi connectivity index (χ3v) is 6.71. The van der Waals surface area contributed by atoms with Gasteiger partial charge in [0.2, 0.25) is 10.0 Å². The number of nitrogens with one attached hydrogen (secondary N) is 1. The second kappa shape index (κ2) is 8.58. The highest BCUT2D eigenvalue weighted by Gasteiger charge is 2.26. The molecule has 0 saturated carbocycles. The van der Waals surface area contributed by atoms with Crippen molar-refractivity contribution in [2.24, 2.45) is 0 Å². The van der Waals surface area contributed by atoms with Crippen molar-refractivity contribution < 1.29 is 12.8 Å². The lowest BCUT2D eigenvalue weighted by Crippen LogP contribution is -2.48. The van der Waals surface area contributed by atoms with Crippen LogP contribution in [0.4, 0.5) is 4.39 Å². The van der Waals surface area contributed by atoms with Gasteiger partial charge >= 0.3 is 0 Å². The molecule has 26 heavy (non-hydrogen) atoms. The maximum atomic E-state index is 13.8. The first-order chi connectivity index (χ1) is 12.4. The van der Waals surface area contributed by atoms with Crippen molar-refractivity contribution in [3.63, 3.8) is 0 Å². The minimum atomic E-state index is -3.62. The van der Waals surface area contributed by atoms with Crippen LogP contribution >= 0.6 is 11.3 Å². The van der Waals surface area contributed by atoms with Crippen molar-refractivity contribution in [2.75, 3.05) is 39.8 Å². The maximum Gasteiger partial charge on any atom is 0.215 e. The number of rotatable bonds is 7. The lowest BCUT2D eigenvalue weighted by atomic mass is 10.1. The van der Waals surface area contributed by atoms with Crippen LogP contribution in [0.1, 0.15) is 17.2 Å². The van der Waals surface area contributed by atoms with Gasteiger partial charge in [-0.2, -0.15) is 11.3 Å². The Morgan fingerprint density at radius 1 is 1.19 bits per heavy atom. The fourth-order valence-corrected chi connectivity index (χ4v) is 5.00. The molecule has 1 saturated heterocycles. The maximum absolute atomic E-state index is 13.8. The first-order valence-corrected chi connectivity index (χ1v) is 11.2. The second-order valence-corrected chi connectivity index (χ2v) is 9.20. The van der Waals surface area contributed by atoms with E-state index in [-0.39, 0.29) is 23.9 Å². The Bertz CT molecular complexity index is 804. The normalized spacial score (nSPS) is 18.1. The van der Waals surface area contributed by atoms with E-state index in [0.29, 0.717) is 0 Å². The van der Waals surface area contributed by atoms with E-state index in [1.54, 1.807) is 23.5 Å². The van der Waals surface area contributed by atoms with Gasteiger partial charge in [-0.3, -0.25) is 4.90 Å². The molecule has 1 aromatic carbocycles. The Balaban J connectivity index is 1.68. The Morgan fingerprint density at radius 2 is 1.92 bits per heavy atom. The third kappa shape index (κ3) is 5.11. The summed E-state index contributed by atoms with van der Waals surface area (Å²) in [6.45, 7) is 4.00. The van der Waals surface area contributed by atoms with Gasteiger partial charge in [-0.1, -0.05) is 18.2 Å². The minimum absolute atomic E-state index is 0.00894. The molecule has 2 heterocycles. The van der Waals surface area contributed by atoms with Crippen LogP contribution in [0.25, 0.3) is 0 Å². The molecule has 1 N–H and O–H groups in total. The third-order valence-electron chi connectivity index (χ3n) is 4.71. The summed E-state index contributed by atoms with van der Waals surface area (Å²) in [4.78, 5) is 4.58. The van der Waals surface area contributed by atoms with Crippen LogP contribution in [0.5, 0.6) is 0 Å². The summed E-state index contributed by atoms with van der Waals surface area (Å²) in [5.74, 6) is -0.843. The van der Waals surface area contributed by atoms with Crippen molar-refractivity contribution in [3.8, 4) is 0 Å². The number of halogens is 1. The van der Waals surface area contributed by atoms with Crippen molar-refractivity contribution >= 4 is 21.4 Å². The SMILES string of the molecule is CN1CCN(C(CNS(=O)(=O)Cc2ccccc2F)c2ccsc2)CC1. The first-order valence-electron chi connectivity index (χ1n) is 8.60. The van der Waals surface area contributed by atoms with E-state index < -0.39 is 15.8 Å². The molecule has 1 aliphatic rings. The molecule has 0 radical (unpaired) electrons. The lowest BCUT2D eigenvalue weighted by molar-refractivity contribution is 0.113. The molecule has 1 aliphatic heterocycles. The largest absolute Gasteiger partial charge is 0.304 e.